The molecule has 1 unspecified atom stereocenters. The summed E-state index contributed by atoms with van der Waals surface area (Å²) in [4.78, 5) is 27.9. The Morgan fingerprint density at radius 2 is 2.03 bits per heavy atom. The number of ether oxygens (including phenoxy) is 2. The lowest BCUT2D eigenvalue weighted by atomic mass is 10.0. The van der Waals surface area contributed by atoms with Crippen molar-refractivity contribution in [3.05, 3.63) is 28.0 Å². The molecule has 9 nitrogen and oxygen atoms in total. The van der Waals surface area contributed by atoms with Crippen LogP contribution in [0.3, 0.4) is 0 Å². The summed E-state index contributed by atoms with van der Waals surface area (Å²) < 4.78 is 16.0. The zero-order valence-electron chi connectivity index (χ0n) is 17.7. The molecule has 1 saturated carbocycles. The molecule has 1 atom stereocenters. The Morgan fingerprint density at radius 3 is 2.67 bits per heavy atom. The average molecular weight is 432 g/mol. The van der Waals surface area contributed by atoms with Crippen LogP contribution in [-0.2, 0) is 11.3 Å². The molecule has 0 saturated heterocycles. The van der Waals surface area contributed by atoms with Crippen molar-refractivity contribution in [2.45, 2.75) is 52.2 Å². The van der Waals surface area contributed by atoms with E-state index in [1.165, 1.54) is 11.3 Å². The van der Waals surface area contributed by atoms with E-state index in [9.17, 15) is 4.79 Å². The molecule has 0 aliphatic heterocycles. The van der Waals surface area contributed by atoms with Crippen LogP contribution in [0.25, 0.3) is 10.2 Å². The van der Waals surface area contributed by atoms with Gasteiger partial charge in [0.25, 0.3) is 5.91 Å². The second-order valence-electron chi connectivity index (χ2n) is 7.78. The van der Waals surface area contributed by atoms with Gasteiger partial charge in [-0.2, -0.15) is 9.97 Å². The van der Waals surface area contributed by atoms with Crippen LogP contribution in [0.5, 0.6) is 5.88 Å². The summed E-state index contributed by atoms with van der Waals surface area (Å²) in [5.74, 6) is 2.38. The number of nitrogens with one attached hydrogen (secondary N) is 1. The summed E-state index contributed by atoms with van der Waals surface area (Å²) in [5, 5.41) is 7.88. The van der Waals surface area contributed by atoms with Crippen LogP contribution >= 0.6 is 11.3 Å². The van der Waals surface area contributed by atoms with Crippen LogP contribution in [0.4, 0.5) is 0 Å². The molecular weight excluding hydrogens is 406 g/mol. The van der Waals surface area contributed by atoms with Gasteiger partial charge < -0.3 is 19.3 Å². The van der Waals surface area contributed by atoms with E-state index < -0.39 is 0 Å². The van der Waals surface area contributed by atoms with Crippen LogP contribution in [0.1, 0.15) is 71.4 Å². The quantitative estimate of drug-likeness (QED) is 0.576. The Kier molecular flexibility index (Phi) is 5.70. The maximum absolute atomic E-state index is 13.2. The number of hydrogen-bond acceptors (Lipinski definition) is 9. The number of aromatic nitrogens is 4. The van der Waals surface area contributed by atoms with Gasteiger partial charge >= 0.3 is 0 Å². The molecule has 3 aromatic heterocycles. The first kappa shape index (κ1) is 20.7. The third-order valence-electron chi connectivity index (χ3n) is 5.10. The zero-order valence-corrected chi connectivity index (χ0v) is 18.5. The normalized spacial score (nSPS) is 15.0. The van der Waals surface area contributed by atoms with Gasteiger partial charge in [-0.15, -0.1) is 11.3 Å². The highest BCUT2D eigenvalue weighted by Gasteiger charge is 2.32. The van der Waals surface area contributed by atoms with Crippen LogP contribution in [0, 0.1) is 12.8 Å². The van der Waals surface area contributed by atoms with Crippen LogP contribution in [-0.4, -0.2) is 40.2 Å². The van der Waals surface area contributed by atoms with E-state index in [0.29, 0.717) is 33.2 Å². The molecule has 0 spiro atoms. The molecule has 1 N–H and O–H groups in total. The number of carbonyl (C=O) groups excluding carboxylic acids is 1. The predicted octanol–water partition coefficient (Wildman–Crippen LogP) is 3.54. The van der Waals surface area contributed by atoms with Crippen LogP contribution < -0.4 is 10.1 Å². The van der Waals surface area contributed by atoms with E-state index in [1.54, 1.807) is 14.2 Å². The highest BCUT2D eigenvalue weighted by molar-refractivity contribution is 7.20. The summed E-state index contributed by atoms with van der Waals surface area (Å²) in [7, 11) is 3.13. The highest BCUT2D eigenvalue weighted by atomic mass is 32.1. The number of rotatable bonds is 8. The van der Waals surface area contributed by atoms with Crippen molar-refractivity contribution < 1.29 is 18.8 Å². The highest BCUT2D eigenvalue weighted by Crippen LogP contribution is 2.39. The van der Waals surface area contributed by atoms with E-state index in [4.69, 9.17) is 14.0 Å². The van der Waals surface area contributed by atoms with Crippen LogP contribution in [0.2, 0.25) is 0 Å². The standard InChI is InChI=1S/C20H25N5O4S/c1-9(2)14(19-24-16(25-29-19)11-6-7-11)23-17(26)15-10(3)13-18(28-5)21-12(8-27-4)22-20(13)30-15/h9,11,14H,6-8H2,1-5H3,(H,23,26). The topological polar surface area (TPSA) is 112 Å². The fraction of sp³-hybridized carbons (Fsp3) is 0.550. The summed E-state index contributed by atoms with van der Waals surface area (Å²) >= 11 is 1.31. The third-order valence-corrected chi connectivity index (χ3v) is 6.28. The first-order valence-corrected chi connectivity index (χ1v) is 10.7. The Labute approximate surface area is 178 Å². The van der Waals surface area contributed by atoms with Gasteiger partial charge in [-0.25, -0.2) is 4.98 Å². The van der Waals surface area contributed by atoms with E-state index in [0.717, 1.165) is 29.6 Å². The number of amides is 1. The van der Waals surface area contributed by atoms with Gasteiger partial charge in [-0.3, -0.25) is 4.79 Å². The van der Waals surface area contributed by atoms with E-state index in [-0.39, 0.29) is 24.5 Å². The van der Waals surface area contributed by atoms with E-state index in [1.807, 2.05) is 20.8 Å². The molecule has 1 aliphatic carbocycles. The van der Waals surface area contributed by atoms with Gasteiger partial charge in [-0.05, 0) is 31.2 Å². The van der Waals surface area contributed by atoms with Crippen molar-refractivity contribution in [2.24, 2.45) is 5.92 Å². The largest absolute Gasteiger partial charge is 0.480 e. The lowest BCUT2D eigenvalue weighted by Crippen LogP contribution is -2.31. The van der Waals surface area contributed by atoms with E-state index >= 15 is 0 Å². The van der Waals surface area contributed by atoms with Crippen molar-refractivity contribution in [1.29, 1.82) is 0 Å². The van der Waals surface area contributed by atoms with Gasteiger partial charge in [0.05, 0.1) is 17.4 Å². The second-order valence-corrected chi connectivity index (χ2v) is 8.78. The summed E-state index contributed by atoms with van der Waals surface area (Å²) in [5.41, 5.74) is 0.778. The van der Waals surface area contributed by atoms with Crippen molar-refractivity contribution in [3.63, 3.8) is 0 Å². The molecule has 1 fully saturated rings. The Balaban J connectivity index is 1.64. The zero-order chi connectivity index (χ0) is 21.4. The molecule has 3 aromatic rings. The Bertz CT molecular complexity index is 1070. The molecule has 10 heteroatoms. The van der Waals surface area contributed by atoms with Gasteiger partial charge in [0.2, 0.25) is 11.8 Å². The predicted molar refractivity (Wildman–Crippen MR) is 111 cm³/mol. The van der Waals surface area contributed by atoms with Gasteiger partial charge in [0.1, 0.15) is 17.5 Å². The first-order chi connectivity index (χ1) is 14.4. The van der Waals surface area contributed by atoms with Gasteiger partial charge in [0.15, 0.2) is 11.6 Å². The maximum atomic E-state index is 13.2. The minimum atomic E-state index is -0.376. The number of fused-ring (bicyclic) bond motifs is 1. The number of aryl methyl sites for hydroxylation is 1. The molecule has 160 valence electrons. The van der Waals surface area contributed by atoms with Crippen molar-refractivity contribution in [1.82, 2.24) is 25.4 Å². The minimum Gasteiger partial charge on any atom is -0.480 e. The molecule has 1 amide bonds. The van der Waals surface area contributed by atoms with Crippen molar-refractivity contribution in [3.8, 4) is 5.88 Å². The number of thiophene rings is 1. The van der Waals surface area contributed by atoms with Crippen molar-refractivity contribution >= 4 is 27.5 Å². The number of nitrogens with zero attached hydrogens (tertiary/aromatic N) is 4. The molecule has 3 heterocycles. The third kappa shape index (κ3) is 3.89. The number of methoxy groups -OCH3 is 2. The van der Waals surface area contributed by atoms with Crippen molar-refractivity contribution in [2.75, 3.05) is 14.2 Å². The number of hydrogen-bond donors (Lipinski definition) is 1. The van der Waals surface area contributed by atoms with Gasteiger partial charge in [0, 0.05) is 13.0 Å². The van der Waals surface area contributed by atoms with Crippen LogP contribution in [0.15, 0.2) is 4.52 Å². The monoisotopic (exact) mass is 431 g/mol. The SMILES string of the molecule is COCc1nc(OC)c2c(C)c(C(=O)NC(c3nc(C4CC4)no3)C(C)C)sc2n1. The average Bonchev–Trinajstić information content (AvgIpc) is 3.36. The molecular formula is C20H25N5O4S. The molecule has 4 rings (SSSR count). The number of carbonyl (C=O) groups is 1. The van der Waals surface area contributed by atoms with Gasteiger partial charge in [-0.1, -0.05) is 19.0 Å². The summed E-state index contributed by atoms with van der Waals surface area (Å²) in [6.45, 7) is 6.16. The maximum Gasteiger partial charge on any atom is 0.262 e. The fourth-order valence-electron chi connectivity index (χ4n) is 3.30. The lowest BCUT2D eigenvalue weighted by Gasteiger charge is -2.18. The lowest BCUT2D eigenvalue weighted by molar-refractivity contribution is 0.0917. The molecule has 0 radical (unpaired) electrons. The summed E-state index contributed by atoms with van der Waals surface area (Å²) in [6.07, 6.45) is 2.18. The smallest absolute Gasteiger partial charge is 0.262 e. The Morgan fingerprint density at radius 1 is 1.27 bits per heavy atom. The second kappa shape index (κ2) is 8.27. The summed E-state index contributed by atoms with van der Waals surface area (Å²) in [6, 6.07) is -0.376. The molecule has 1 aliphatic rings. The fourth-order valence-corrected chi connectivity index (χ4v) is 4.40. The first-order valence-electron chi connectivity index (χ1n) is 9.90. The van der Waals surface area contributed by atoms with E-state index in [2.05, 4.69) is 25.4 Å². The molecule has 0 aromatic carbocycles. The Hall–Kier alpha value is -2.59. The molecule has 30 heavy (non-hydrogen) atoms. The minimum absolute atomic E-state index is 0.0822. The molecule has 0 bridgehead atoms.